The molecule has 2 atom stereocenters. The second-order valence-electron chi connectivity index (χ2n) is 3.33. The Balaban J connectivity index is 2.53. The van der Waals surface area contributed by atoms with Gasteiger partial charge in [0.05, 0.1) is 17.6 Å². The van der Waals surface area contributed by atoms with E-state index in [-0.39, 0.29) is 11.8 Å². The molecule has 0 aromatic carbocycles. The number of alkyl carbamates (subject to hydrolysis) is 1. The molecule has 0 radical (unpaired) electrons. The lowest BCUT2D eigenvalue weighted by molar-refractivity contribution is 0.148. The van der Waals surface area contributed by atoms with Crippen molar-refractivity contribution in [3.05, 3.63) is 0 Å². The summed E-state index contributed by atoms with van der Waals surface area (Å²) < 4.78 is 27.3. The summed E-state index contributed by atoms with van der Waals surface area (Å²) in [5.41, 5.74) is 0. The Morgan fingerprint density at radius 2 is 2.21 bits per heavy atom. The number of nitrogens with one attached hydrogen (secondary N) is 1. The lowest BCUT2D eigenvalue weighted by Gasteiger charge is -2.15. The smallest absolute Gasteiger partial charge is 0.407 e. The Bertz CT molecular complexity index is 311. The highest BCUT2D eigenvalue weighted by Crippen LogP contribution is 2.20. The van der Waals surface area contributed by atoms with Crippen molar-refractivity contribution in [2.24, 2.45) is 0 Å². The Kier molecular flexibility index (Phi) is 3.36. The molecule has 1 amide bonds. The van der Waals surface area contributed by atoms with Gasteiger partial charge in [-0.2, -0.15) is 0 Å². The Labute approximate surface area is 83.7 Å². The van der Waals surface area contributed by atoms with Gasteiger partial charge in [0.1, 0.15) is 0 Å². The van der Waals surface area contributed by atoms with Crippen LogP contribution in [0.3, 0.4) is 0 Å². The molecule has 0 saturated carbocycles. The highest BCUT2D eigenvalue weighted by atomic mass is 32.2. The molecular formula is C8H15NO4S. The van der Waals surface area contributed by atoms with Crippen molar-refractivity contribution >= 4 is 15.9 Å². The fourth-order valence-corrected chi connectivity index (χ4v) is 3.13. The van der Waals surface area contributed by atoms with E-state index in [1.165, 1.54) is 0 Å². The van der Waals surface area contributed by atoms with Gasteiger partial charge in [-0.25, -0.2) is 13.2 Å². The normalized spacial score (nSPS) is 29.9. The molecule has 0 aliphatic carbocycles. The number of hydrogen-bond donors (Lipinski definition) is 1. The van der Waals surface area contributed by atoms with E-state index in [0.29, 0.717) is 13.0 Å². The van der Waals surface area contributed by atoms with Gasteiger partial charge in [-0.3, -0.25) is 0 Å². The molecule has 82 valence electrons. The predicted molar refractivity (Wildman–Crippen MR) is 51.8 cm³/mol. The minimum atomic E-state index is -3.01. The van der Waals surface area contributed by atoms with Crippen molar-refractivity contribution in [2.75, 3.05) is 12.4 Å². The molecule has 1 fully saturated rings. The summed E-state index contributed by atoms with van der Waals surface area (Å²) in [4.78, 5) is 11.0. The lowest BCUT2D eigenvalue weighted by atomic mass is 10.2. The van der Waals surface area contributed by atoms with Gasteiger partial charge in [-0.05, 0) is 20.3 Å². The summed E-state index contributed by atoms with van der Waals surface area (Å²) in [6, 6.07) is -0.306. The van der Waals surface area contributed by atoms with Gasteiger partial charge in [-0.1, -0.05) is 0 Å². The number of ether oxygens (including phenoxy) is 1. The third-order valence-electron chi connectivity index (χ3n) is 2.43. The van der Waals surface area contributed by atoms with Crippen molar-refractivity contribution in [3.8, 4) is 0 Å². The number of rotatable bonds is 2. The zero-order chi connectivity index (χ0) is 10.8. The Hall–Kier alpha value is -0.780. The summed E-state index contributed by atoms with van der Waals surface area (Å²) in [6.07, 6.45) is -0.0658. The van der Waals surface area contributed by atoms with E-state index in [1.54, 1.807) is 13.8 Å². The standard InChI is InChI=1S/C8H15NO4S/c1-3-13-8(10)9-7-4-5-14(11,12)6(7)2/h6-7H,3-5H2,1-2H3,(H,9,10). The van der Waals surface area contributed by atoms with E-state index in [1.807, 2.05) is 0 Å². The molecule has 1 saturated heterocycles. The van der Waals surface area contributed by atoms with Crippen molar-refractivity contribution in [2.45, 2.75) is 31.6 Å². The molecule has 0 aromatic rings. The third kappa shape index (κ3) is 2.37. The number of hydrogen-bond acceptors (Lipinski definition) is 4. The molecule has 6 heteroatoms. The number of amides is 1. The topological polar surface area (TPSA) is 72.5 Å². The van der Waals surface area contributed by atoms with E-state index in [2.05, 4.69) is 10.1 Å². The van der Waals surface area contributed by atoms with E-state index < -0.39 is 21.2 Å². The monoisotopic (exact) mass is 221 g/mol. The molecule has 2 unspecified atom stereocenters. The second kappa shape index (κ2) is 4.16. The second-order valence-corrected chi connectivity index (χ2v) is 5.81. The minimum absolute atomic E-state index is 0.144. The number of carbonyl (C=O) groups is 1. The predicted octanol–water partition coefficient (Wildman–Crippen LogP) is 0.308. The molecule has 1 heterocycles. The van der Waals surface area contributed by atoms with Crippen molar-refractivity contribution in [3.63, 3.8) is 0 Å². The van der Waals surface area contributed by atoms with Gasteiger partial charge < -0.3 is 10.1 Å². The minimum Gasteiger partial charge on any atom is -0.450 e. The fraction of sp³-hybridized carbons (Fsp3) is 0.875. The van der Waals surface area contributed by atoms with Crippen LogP contribution in [0.15, 0.2) is 0 Å². The molecule has 5 nitrogen and oxygen atoms in total. The SMILES string of the molecule is CCOC(=O)NC1CCS(=O)(=O)C1C. The maximum Gasteiger partial charge on any atom is 0.407 e. The van der Waals surface area contributed by atoms with Gasteiger partial charge in [0.15, 0.2) is 9.84 Å². The molecule has 14 heavy (non-hydrogen) atoms. The van der Waals surface area contributed by atoms with Crippen molar-refractivity contribution in [1.82, 2.24) is 5.32 Å². The van der Waals surface area contributed by atoms with Crippen LogP contribution in [-0.4, -0.2) is 38.2 Å². The summed E-state index contributed by atoms with van der Waals surface area (Å²) in [5, 5.41) is 2.04. The lowest BCUT2D eigenvalue weighted by Crippen LogP contribution is -2.40. The van der Waals surface area contributed by atoms with Crippen LogP contribution in [0.5, 0.6) is 0 Å². The average molecular weight is 221 g/mol. The zero-order valence-corrected chi connectivity index (χ0v) is 9.13. The van der Waals surface area contributed by atoms with E-state index in [9.17, 15) is 13.2 Å². The van der Waals surface area contributed by atoms with Crippen LogP contribution in [-0.2, 0) is 14.6 Å². The number of sulfone groups is 1. The van der Waals surface area contributed by atoms with Crippen LogP contribution in [0.25, 0.3) is 0 Å². The molecule has 1 aliphatic heterocycles. The third-order valence-corrected chi connectivity index (χ3v) is 4.69. The summed E-state index contributed by atoms with van der Waals surface area (Å²) in [6.45, 7) is 3.60. The van der Waals surface area contributed by atoms with Crippen LogP contribution in [0, 0.1) is 0 Å². The van der Waals surface area contributed by atoms with Gasteiger partial charge in [0.2, 0.25) is 0 Å². The van der Waals surface area contributed by atoms with E-state index in [0.717, 1.165) is 0 Å². The maximum atomic E-state index is 11.3. The molecule has 1 rings (SSSR count). The molecule has 0 spiro atoms. The zero-order valence-electron chi connectivity index (χ0n) is 8.32. The first kappa shape index (κ1) is 11.3. The first-order valence-corrected chi connectivity index (χ1v) is 6.33. The van der Waals surface area contributed by atoms with Gasteiger partial charge >= 0.3 is 6.09 Å². The van der Waals surface area contributed by atoms with Crippen LogP contribution >= 0.6 is 0 Å². The molecular weight excluding hydrogens is 206 g/mol. The van der Waals surface area contributed by atoms with E-state index >= 15 is 0 Å². The molecule has 1 aliphatic rings. The largest absolute Gasteiger partial charge is 0.450 e. The molecule has 1 N–H and O–H groups in total. The Morgan fingerprint density at radius 1 is 1.57 bits per heavy atom. The maximum absolute atomic E-state index is 11.3. The summed E-state index contributed by atoms with van der Waals surface area (Å²) in [7, 11) is -3.01. The Morgan fingerprint density at radius 3 is 2.64 bits per heavy atom. The van der Waals surface area contributed by atoms with Gasteiger partial charge in [0.25, 0.3) is 0 Å². The number of carbonyl (C=O) groups excluding carboxylic acids is 1. The first-order chi connectivity index (χ1) is 6.47. The van der Waals surface area contributed by atoms with Gasteiger partial charge in [0, 0.05) is 6.04 Å². The van der Waals surface area contributed by atoms with Gasteiger partial charge in [-0.15, -0.1) is 0 Å². The summed E-state index contributed by atoms with van der Waals surface area (Å²) in [5.74, 6) is 0.144. The van der Waals surface area contributed by atoms with Crippen LogP contribution in [0.1, 0.15) is 20.3 Å². The van der Waals surface area contributed by atoms with Crippen LogP contribution in [0.2, 0.25) is 0 Å². The fourth-order valence-electron chi connectivity index (χ4n) is 1.48. The first-order valence-electron chi connectivity index (χ1n) is 4.62. The van der Waals surface area contributed by atoms with Crippen molar-refractivity contribution < 1.29 is 17.9 Å². The molecule has 0 bridgehead atoms. The molecule has 0 aromatic heterocycles. The highest BCUT2D eigenvalue weighted by molar-refractivity contribution is 7.92. The van der Waals surface area contributed by atoms with Crippen molar-refractivity contribution in [1.29, 1.82) is 0 Å². The van der Waals surface area contributed by atoms with E-state index in [4.69, 9.17) is 0 Å². The quantitative estimate of drug-likeness (QED) is 0.728. The summed E-state index contributed by atoms with van der Waals surface area (Å²) >= 11 is 0. The average Bonchev–Trinajstić information content (AvgIpc) is 2.33. The highest BCUT2D eigenvalue weighted by Gasteiger charge is 2.37. The van der Waals surface area contributed by atoms with Crippen LogP contribution in [0.4, 0.5) is 4.79 Å². The van der Waals surface area contributed by atoms with Crippen LogP contribution < -0.4 is 5.32 Å².